The minimum atomic E-state index is -0.351. The van der Waals surface area contributed by atoms with E-state index in [1.165, 1.54) is 18.4 Å². The van der Waals surface area contributed by atoms with Gasteiger partial charge in [-0.3, -0.25) is 9.69 Å². The number of hydrogen-bond donors (Lipinski definition) is 3. The van der Waals surface area contributed by atoms with Crippen LogP contribution in [0.15, 0.2) is 30.3 Å². The molecule has 1 amide bonds. The summed E-state index contributed by atoms with van der Waals surface area (Å²) in [6, 6.07) is 10.7. The highest BCUT2D eigenvalue weighted by atomic mass is 16.3. The number of rotatable bonds is 5. The number of piperidine rings is 1. The molecule has 1 saturated heterocycles. The molecule has 5 heteroatoms. The summed E-state index contributed by atoms with van der Waals surface area (Å²) < 4.78 is 0. The second-order valence-electron chi connectivity index (χ2n) is 9.82. The van der Waals surface area contributed by atoms with Crippen molar-refractivity contribution in [2.45, 2.75) is 87.9 Å². The summed E-state index contributed by atoms with van der Waals surface area (Å²) in [7, 11) is 0. The second-order valence-corrected chi connectivity index (χ2v) is 9.82. The van der Waals surface area contributed by atoms with Gasteiger partial charge in [0.2, 0.25) is 5.91 Å². The molecule has 0 aromatic heterocycles. The standard InChI is InChI=1S/C25H38N2O3/c28-21-12-16-27(17-13-21)22-10-14-25(15-11-23(22)29,20-8-2-1-3-9-20)18-26-24(30)19-6-4-5-7-19/h1-3,8-9,19,21-23,28-29H,4-7,10-18H2,(H,26,30)/t22-,23-,25-/m0/s1. The molecule has 2 aliphatic carbocycles. The Morgan fingerprint density at radius 2 is 1.63 bits per heavy atom. The molecule has 3 N–H and O–H groups in total. The van der Waals surface area contributed by atoms with E-state index in [0.29, 0.717) is 6.54 Å². The number of nitrogens with one attached hydrogen (secondary N) is 1. The zero-order valence-electron chi connectivity index (χ0n) is 18.1. The number of aliphatic hydroxyl groups excluding tert-OH is 2. The Balaban J connectivity index is 1.49. The summed E-state index contributed by atoms with van der Waals surface area (Å²) >= 11 is 0. The lowest BCUT2D eigenvalue weighted by Crippen LogP contribution is -2.48. The van der Waals surface area contributed by atoms with Crippen molar-refractivity contribution in [1.82, 2.24) is 10.2 Å². The third kappa shape index (κ3) is 4.90. The van der Waals surface area contributed by atoms with Crippen LogP contribution in [0, 0.1) is 5.92 Å². The first kappa shape index (κ1) is 21.8. The van der Waals surface area contributed by atoms with E-state index in [1.807, 2.05) is 6.07 Å². The number of hydrogen-bond acceptors (Lipinski definition) is 4. The van der Waals surface area contributed by atoms with Crippen molar-refractivity contribution in [3.05, 3.63) is 35.9 Å². The number of likely N-dealkylation sites (tertiary alicyclic amines) is 1. The van der Waals surface area contributed by atoms with E-state index in [9.17, 15) is 15.0 Å². The predicted octanol–water partition coefficient (Wildman–Crippen LogP) is 2.99. The van der Waals surface area contributed by atoms with Crippen molar-refractivity contribution in [1.29, 1.82) is 0 Å². The quantitative estimate of drug-likeness (QED) is 0.648. The van der Waals surface area contributed by atoms with Crippen molar-refractivity contribution in [2.24, 2.45) is 5.92 Å². The molecular formula is C25H38N2O3. The fourth-order valence-electron chi connectivity index (χ4n) is 5.95. The molecule has 0 unspecified atom stereocenters. The zero-order valence-corrected chi connectivity index (χ0v) is 18.1. The maximum atomic E-state index is 12.8. The van der Waals surface area contributed by atoms with E-state index in [4.69, 9.17) is 0 Å². The highest BCUT2D eigenvalue weighted by Gasteiger charge is 2.40. The average Bonchev–Trinajstić information content (AvgIpc) is 3.26. The van der Waals surface area contributed by atoms with Crippen LogP contribution in [-0.2, 0) is 10.2 Å². The Bertz CT molecular complexity index is 683. The molecular weight excluding hydrogens is 376 g/mol. The molecule has 0 bridgehead atoms. The molecule has 3 aliphatic rings. The molecule has 0 spiro atoms. The molecule has 1 aromatic carbocycles. The third-order valence-electron chi connectivity index (χ3n) is 7.96. The van der Waals surface area contributed by atoms with Crippen LogP contribution < -0.4 is 5.32 Å². The van der Waals surface area contributed by atoms with E-state index >= 15 is 0 Å². The minimum Gasteiger partial charge on any atom is -0.393 e. The van der Waals surface area contributed by atoms with Crippen LogP contribution >= 0.6 is 0 Å². The second kappa shape index (κ2) is 9.80. The lowest BCUT2D eigenvalue weighted by atomic mass is 9.74. The van der Waals surface area contributed by atoms with Crippen LogP contribution in [0.2, 0.25) is 0 Å². The number of carbonyl (C=O) groups is 1. The smallest absolute Gasteiger partial charge is 0.223 e. The van der Waals surface area contributed by atoms with Crippen LogP contribution in [0.5, 0.6) is 0 Å². The van der Waals surface area contributed by atoms with Gasteiger partial charge >= 0.3 is 0 Å². The summed E-state index contributed by atoms with van der Waals surface area (Å²) in [4.78, 5) is 15.1. The molecule has 4 rings (SSSR count). The number of benzene rings is 1. The lowest BCUT2D eigenvalue weighted by molar-refractivity contribution is -0.125. The van der Waals surface area contributed by atoms with E-state index in [2.05, 4.69) is 34.5 Å². The number of nitrogens with zero attached hydrogens (tertiary/aromatic N) is 1. The molecule has 30 heavy (non-hydrogen) atoms. The average molecular weight is 415 g/mol. The van der Waals surface area contributed by atoms with Crippen molar-refractivity contribution in [3.63, 3.8) is 0 Å². The van der Waals surface area contributed by atoms with Gasteiger partial charge in [-0.1, -0.05) is 43.2 Å². The topological polar surface area (TPSA) is 72.8 Å². The zero-order chi connectivity index (χ0) is 21.0. The number of aliphatic hydroxyl groups is 2. The molecule has 5 nitrogen and oxygen atoms in total. The first-order valence-corrected chi connectivity index (χ1v) is 12.0. The van der Waals surface area contributed by atoms with Gasteiger partial charge in [0.1, 0.15) is 0 Å². The van der Waals surface area contributed by atoms with Crippen LogP contribution in [0.1, 0.15) is 69.8 Å². The van der Waals surface area contributed by atoms with Crippen molar-refractivity contribution in [2.75, 3.05) is 19.6 Å². The normalized spacial score (nSPS) is 32.1. The fourth-order valence-corrected chi connectivity index (χ4v) is 5.95. The molecule has 0 radical (unpaired) electrons. The monoisotopic (exact) mass is 414 g/mol. The van der Waals surface area contributed by atoms with Gasteiger partial charge in [-0.2, -0.15) is 0 Å². The van der Waals surface area contributed by atoms with Crippen molar-refractivity contribution < 1.29 is 15.0 Å². The van der Waals surface area contributed by atoms with Gasteiger partial charge in [0, 0.05) is 37.0 Å². The first-order valence-electron chi connectivity index (χ1n) is 12.0. The number of amides is 1. The van der Waals surface area contributed by atoms with E-state index < -0.39 is 0 Å². The molecule has 3 fully saturated rings. The van der Waals surface area contributed by atoms with Crippen LogP contribution in [0.3, 0.4) is 0 Å². The van der Waals surface area contributed by atoms with Gasteiger partial charge in [0.05, 0.1) is 12.2 Å². The Morgan fingerprint density at radius 3 is 2.33 bits per heavy atom. The lowest BCUT2D eigenvalue weighted by Gasteiger charge is -2.38. The Labute approximate surface area is 180 Å². The molecule has 1 heterocycles. The van der Waals surface area contributed by atoms with E-state index in [1.54, 1.807) is 0 Å². The van der Waals surface area contributed by atoms with Crippen molar-refractivity contribution >= 4 is 5.91 Å². The Kier molecular flexibility index (Phi) is 7.12. The predicted molar refractivity (Wildman–Crippen MR) is 118 cm³/mol. The molecule has 3 atom stereocenters. The summed E-state index contributed by atoms with van der Waals surface area (Å²) in [5.41, 5.74) is 1.15. The molecule has 1 aromatic rings. The fraction of sp³-hybridized carbons (Fsp3) is 0.720. The molecule has 2 saturated carbocycles. The maximum absolute atomic E-state index is 12.8. The Morgan fingerprint density at radius 1 is 0.967 bits per heavy atom. The summed E-state index contributed by atoms with van der Waals surface area (Å²) in [5.74, 6) is 0.399. The van der Waals surface area contributed by atoms with Gasteiger partial charge in [-0.25, -0.2) is 0 Å². The SMILES string of the molecule is O=C(NC[C@@]1(c2ccccc2)CC[C@H](O)[C@@H](N2CCC(O)CC2)CC1)C1CCCC1. The number of carbonyl (C=O) groups excluding carboxylic acids is 1. The molecule has 166 valence electrons. The Hall–Kier alpha value is -1.43. The minimum absolute atomic E-state index is 0.124. The highest BCUT2D eigenvalue weighted by Crippen LogP contribution is 2.40. The van der Waals surface area contributed by atoms with Crippen LogP contribution in [-0.4, -0.2) is 58.9 Å². The maximum Gasteiger partial charge on any atom is 0.223 e. The van der Waals surface area contributed by atoms with Gasteiger partial charge in [0.15, 0.2) is 0 Å². The van der Waals surface area contributed by atoms with E-state index in [0.717, 1.165) is 64.5 Å². The summed E-state index contributed by atoms with van der Waals surface area (Å²) in [5, 5.41) is 24.2. The van der Waals surface area contributed by atoms with E-state index in [-0.39, 0.29) is 35.5 Å². The highest BCUT2D eigenvalue weighted by molar-refractivity contribution is 5.79. The van der Waals surface area contributed by atoms with Gasteiger partial charge in [0.25, 0.3) is 0 Å². The van der Waals surface area contributed by atoms with Gasteiger partial charge in [-0.15, -0.1) is 0 Å². The van der Waals surface area contributed by atoms with Gasteiger partial charge < -0.3 is 15.5 Å². The van der Waals surface area contributed by atoms with Gasteiger partial charge in [-0.05, 0) is 56.9 Å². The summed E-state index contributed by atoms with van der Waals surface area (Å²) in [6.45, 7) is 2.38. The summed E-state index contributed by atoms with van der Waals surface area (Å²) in [6.07, 6.45) is 8.93. The first-order chi connectivity index (χ1) is 14.6. The van der Waals surface area contributed by atoms with Crippen LogP contribution in [0.25, 0.3) is 0 Å². The third-order valence-corrected chi connectivity index (χ3v) is 7.96. The molecule has 1 aliphatic heterocycles. The largest absolute Gasteiger partial charge is 0.393 e. The van der Waals surface area contributed by atoms with Crippen molar-refractivity contribution in [3.8, 4) is 0 Å². The van der Waals surface area contributed by atoms with Crippen LogP contribution in [0.4, 0.5) is 0 Å².